The second kappa shape index (κ2) is 7.95. The van der Waals surface area contributed by atoms with Gasteiger partial charge in [0.15, 0.2) is 11.6 Å². The summed E-state index contributed by atoms with van der Waals surface area (Å²) in [5.41, 5.74) is 1.61. The highest BCUT2D eigenvalue weighted by Gasteiger charge is 2.61. The number of hydrogen-bond donors (Lipinski definition) is 0. The number of benzene rings is 2. The first-order valence-electron chi connectivity index (χ1n) is 10.2. The van der Waals surface area contributed by atoms with E-state index in [1.54, 1.807) is 24.3 Å². The van der Waals surface area contributed by atoms with Gasteiger partial charge < -0.3 is 9.47 Å². The van der Waals surface area contributed by atoms with Gasteiger partial charge in [0.2, 0.25) is 6.10 Å². The maximum atomic E-state index is 14.2. The number of para-hydroxylation sites is 1. The number of halogens is 1. The first kappa shape index (κ1) is 20.2. The molecular weight excluding hydrogens is 381 g/mol. The molecule has 0 saturated heterocycles. The highest BCUT2D eigenvalue weighted by atomic mass is 19.1. The van der Waals surface area contributed by atoms with Crippen LogP contribution in [-0.2, 0) is 9.53 Å². The summed E-state index contributed by atoms with van der Waals surface area (Å²) >= 11 is 0. The largest absolute Gasteiger partial charge is 0.454 e. The van der Waals surface area contributed by atoms with Crippen LogP contribution in [0.15, 0.2) is 60.2 Å². The third kappa shape index (κ3) is 3.95. The van der Waals surface area contributed by atoms with Gasteiger partial charge in [-0.15, -0.1) is 0 Å². The summed E-state index contributed by atoms with van der Waals surface area (Å²) in [4.78, 5) is 12.8. The topological polar surface area (TPSA) is 59.3 Å². The van der Waals surface area contributed by atoms with Gasteiger partial charge in [-0.05, 0) is 54.9 Å². The molecule has 2 aromatic carbocycles. The van der Waals surface area contributed by atoms with Crippen LogP contribution in [0.25, 0.3) is 0 Å². The van der Waals surface area contributed by atoms with Gasteiger partial charge in [0.05, 0.1) is 5.92 Å². The molecular formula is C25H24FNO3. The van der Waals surface area contributed by atoms with Crippen LogP contribution >= 0.6 is 0 Å². The van der Waals surface area contributed by atoms with E-state index in [9.17, 15) is 14.4 Å². The Balaban J connectivity index is 1.48. The lowest BCUT2D eigenvalue weighted by atomic mass is 9.90. The minimum atomic E-state index is -1.12. The molecule has 2 aliphatic rings. The Morgan fingerprint density at radius 1 is 1.23 bits per heavy atom. The maximum Gasteiger partial charge on any atom is 0.311 e. The summed E-state index contributed by atoms with van der Waals surface area (Å²) in [5.74, 6) is -0.601. The lowest BCUT2D eigenvalue weighted by Crippen LogP contribution is -2.14. The summed E-state index contributed by atoms with van der Waals surface area (Å²) in [5, 5.41) is 9.60. The molecule has 4 nitrogen and oxygen atoms in total. The fourth-order valence-electron chi connectivity index (χ4n) is 3.98. The number of nitriles is 1. The summed E-state index contributed by atoms with van der Waals surface area (Å²) in [6.07, 6.45) is 4.51. The average molecular weight is 405 g/mol. The molecule has 3 atom stereocenters. The van der Waals surface area contributed by atoms with Crippen molar-refractivity contribution in [2.75, 3.05) is 0 Å². The van der Waals surface area contributed by atoms with Crippen molar-refractivity contribution in [2.24, 2.45) is 17.3 Å². The number of nitrogens with zero attached hydrogens (tertiary/aromatic N) is 1. The summed E-state index contributed by atoms with van der Waals surface area (Å²) in [6, 6.07) is 14.9. The lowest BCUT2D eigenvalue weighted by molar-refractivity contribution is -0.149. The van der Waals surface area contributed by atoms with Crippen molar-refractivity contribution in [3.8, 4) is 17.6 Å². The van der Waals surface area contributed by atoms with Crippen LogP contribution in [0.1, 0.15) is 44.8 Å². The third-order valence-corrected chi connectivity index (χ3v) is 6.16. The molecule has 0 aromatic heterocycles. The SMILES string of the molecule is CC1(C)[C@H](C(=O)OC(C#N)c2ccc(F)c(Oc3ccccc3)c2)[C@@H]1C=C1CCC1. The van der Waals surface area contributed by atoms with Crippen LogP contribution < -0.4 is 4.74 Å². The second-order valence-electron chi connectivity index (χ2n) is 8.55. The van der Waals surface area contributed by atoms with E-state index in [0.717, 1.165) is 12.8 Å². The zero-order chi connectivity index (χ0) is 21.3. The molecule has 0 N–H and O–H groups in total. The molecule has 2 aromatic rings. The molecule has 0 bridgehead atoms. The van der Waals surface area contributed by atoms with E-state index in [1.165, 1.54) is 30.2 Å². The zero-order valence-corrected chi connectivity index (χ0v) is 17.1. The number of carbonyl (C=O) groups excluding carboxylic acids is 1. The Bertz CT molecular complexity index is 1020. The van der Waals surface area contributed by atoms with Gasteiger partial charge in [0.1, 0.15) is 11.8 Å². The molecule has 0 aliphatic heterocycles. The Labute approximate surface area is 175 Å². The lowest BCUT2D eigenvalue weighted by Gasteiger charge is -2.16. The first-order chi connectivity index (χ1) is 14.4. The molecule has 0 radical (unpaired) electrons. The first-order valence-corrected chi connectivity index (χ1v) is 10.2. The van der Waals surface area contributed by atoms with E-state index in [2.05, 4.69) is 6.08 Å². The van der Waals surface area contributed by atoms with Gasteiger partial charge in [-0.25, -0.2) is 4.39 Å². The number of carbonyl (C=O) groups is 1. The average Bonchev–Trinajstić information content (AvgIpc) is 3.25. The van der Waals surface area contributed by atoms with Gasteiger partial charge in [-0.1, -0.05) is 49.8 Å². The number of ether oxygens (including phenoxy) is 2. The van der Waals surface area contributed by atoms with Gasteiger partial charge in [0, 0.05) is 5.56 Å². The Hall–Kier alpha value is -3.13. The van der Waals surface area contributed by atoms with Crippen molar-refractivity contribution in [1.82, 2.24) is 0 Å². The standard InChI is InChI=1S/C25H24FNO3/c1-25(2)19(13-16-7-6-8-16)23(25)24(28)30-22(15-27)17-11-12-20(26)21(14-17)29-18-9-4-3-5-10-18/h3-5,9-14,19,22-23H,6-8H2,1-2H3/t19-,22?,23-/m0/s1. The molecule has 4 rings (SSSR count). The van der Waals surface area contributed by atoms with Crippen molar-refractivity contribution >= 4 is 5.97 Å². The van der Waals surface area contributed by atoms with Crippen molar-refractivity contribution in [3.05, 3.63) is 71.6 Å². The van der Waals surface area contributed by atoms with Crippen LogP contribution in [0, 0.1) is 34.4 Å². The fourth-order valence-corrected chi connectivity index (χ4v) is 3.98. The normalized spacial score (nSPS) is 22.3. The van der Waals surface area contributed by atoms with Crippen LogP contribution in [0.4, 0.5) is 4.39 Å². The Morgan fingerprint density at radius 2 is 1.97 bits per heavy atom. The molecule has 0 heterocycles. The molecule has 5 heteroatoms. The predicted octanol–water partition coefficient (Wildman–Crippen LogP) is 6.11. The molecule has 154 valence electrons. The highest BCUT2D eigenvalue weighted by Crippen LogP contribution is 2.60. The highest BCUT2D eigenvalue weighted by molar-refractivity contribution is 5.78. The smallest absolute Gasteiger partial charge is 0.311 e. The van der Waals surface area contributed by atoms with Crippen LogP contribution in [0.2, 0.25) is 0 Å². The molecule has 30 heavy (non-hydrogen) atoms. The molecule has 2 saturated carbocycles. The van der Waals surface area contributed by atoms with Gasteiger partial charge in [-0.3, -0.25) is 4.79 Å². The quantitative estimate of drug-likeness (QED) is 0.430. The van der Waals surface area contributed by atoms with E-state index in [0.29, 0.717) is 11.3 Å². The van der Waals surface area contributed by atoms with Crippen molar-refractivity contribution < 1.29 is 18.7 Å². The van der Waals surface area contributed by atoms with Crippen molar-refractivity contribution in [2.45, 2.75) is 39.2 Å². The molecule has 2 aliphatic carbocycles. The van der Waals surface area contributed by atoms with E-state index >= 15 is 0 Å². The van der Waals surface area contributed by atoms with Crippen LogP contribution in [0.3, 0.4) is 0 Å². The van der Waals surface area contributed by atoms with Crippen LogP contribution in [0.5, 0.6) is 11.5 Å². The zero-order valence-electron chi connectivity index (χ0n) is 17.1. The van der Waals surface area contributed by atoms with Gasteiger partial charge >= 0.3 is 5.97 Å². The molecule has 2 fully saturated rings. The van der Waals surface area contributed by atoms with Crippen molar-refractivity contribution in [1.29, 1.82) is 5.26 Å². The van der Waals surface area contributed by atoms with E-state index < -0.39 is 11.9 Å². The number of allylic oxidation sites excluding steroid dienone is 2. The second-order valence-corrected chi connectivity index (χ2v) is 8.55. The maximum absolute atomic E-state index is 14.2. The number of hydrogen-bond acceptors (Lipinski definition) is 4. The molecule has 1 unspecified atom stereocenters. The minimum absolute atomic E-state index is 0.0191. The summed E-state index contributed by atoms with van der Waals surface area (Å²) < 4.78 is 25.4. The van der Waals surface area contributed by atoms with Gasteiger partial charge in [-0.2, -0.15) is 5.26 Å². The number of rotatable bonds is 6. The monoisotopic (exact) mass is 405 g/mol. The van der Waals surface area contributed by atoms with Gasteiger partial charge in [0.25, 0.3) is 0 Å². The minimum Gasteiger partial charge on any atom is -0.454 e. The van der Waals surface area contributed by atoms with E-state index in [-0.39, 0.29) is 29.0 Å². The third-order valence-electron chi connectivity index (χ3n) is 6.16. The Morgan fingerprint density at radius 3 is 2.60 bits per heavy atom. The van der Waals surface area contributed by atoms with Crippen LogP contribution in [-0.4, -0.2) is 5.97 Å². The van der Waals surface area contributed by atoms with E-state index in [1.807, 2.05) is 26.0 Å². The summed E-state index contributed by atoms with van der Waals surface area (Å²) in [6.45, 7) is 4.09. The Kier molecular flexibility index (Phi) is 5.34. The number of esters is 1. The summed E-state index contributed by atoms with van der Waals surface area (Å²) in [7, 11) is 0. The fraction of sp³-hybridized carbons (Fsp3) is 0.360. The van der Waals surface area contributed by atoms with E-state index in [4.69, 9.17) is 9.47 Å². The molecule has 0 spiro atoms. The molecule has 0 amide bonds. The predicted molar refractivity (Wildman–Crippen MR) is 110 cm³/mol. The van der Waals surface area contributed by atoms with Crippen molar-refractivity contribution in [3.63, 3.8) is 0 Å².